The van der Waals surface area contributed by atoms with Gasteiger partial charge in [-0.05, 0) is 30.1 Å². The minimum Gasteiger partial charge on any atom is -0.238 e. The zero-order valence-electron chi connectivity index (χ0n) is 45.7. The van der Waals surface area contributed by atoms with E-state index in [9.17, 15) is 0 Å². The Balaban J connectivity index is 0.994. The Morgan fingerprint density at radius 2 is 1.20 bits per heavy atom. The predicted octanol–water partition coefficient (Wildman–Crippen LogP) is 17.6. The number of nitrogens with zero attached hydrogens (tertiary/aromatic N) is 4. The van der Waals surface area contributed by atoms with E-state index in [0.29, 0.717) is 22.9 Å². The van der Waals surface area contributed by atoms with Crippen molar-refractivity contribution in [1.29, 1.82) is 0 Å². The second kappa shape index (κ2) is 18.9. The molecule has 1 aliphatic rings. The van der Waals surface area contributed by atoms with Crippen molar-refractivity contribution in [2.45, 2.75) is 90.9 Å². The minimum atomic E-state index is -2.38. The monoisotopic (exact) mass is 1150 g/mol. The molecular formula is C68H60N4OPt-2. The number of pyridine rings is 1. The Morgan fingerprint density at radius 3 is 1.91 bits per heavy atom. The van der Waals surface area contributed by atoms with Crippen LogP contribution < -0.4 is 4.74 Å². The van der Waals surface area contributed by atoms with Gasteiger partial charge in [-0.1, -0.05) is 48.5 Å². The van der Waals surface area contributed by atoms with Gasteiger partial charge in [0.2, 0.25) is 0 Å². The van der Waals surface area contributed by atoms with E-state index in [1.807, 2.05) is 65.2 Å². The maximum absolute atomic E-state index is 8.60. The molecule has 3 aromatic heterocycles. The summed E-state index contributed by atoms with van der Waals surface area (Å²) in [5, 5.41) is 1.96. The molecule has 1 unspecified atom stereocenters. The van der Waals surface area contributed by atoms with Crippen LogP contribution in [0.5, 0.6) is 11.5 Å². The van der Waals surface area contributed by atoms with Crippen molar-refractivity contribution in [3.05, 3.63) is 226 Å². The maximum atomic E-state index is 8.60. The first-order chi connectivity index (χ1) is 37.0. The van der Waals surface area contributed by atoms with Crippen LogP contribution in [0, 0.1) is 22.8 Å². The molecule has 74 heavy (non-hydrogen) atoms. The van der Waals surface area contributed by atoms with Crippen LogP contribution in [0.1, 0.15) is 98.8 Å². The molecule has 370 valence electrons. The Labute approximate surface area is 450 Å². The molecule has 0 N–H and O–H groups in total. The minimum absolute atomic E-state index is 0.0370. The van der Waals surface area contributed by atoms with Crippen molar-refractivity contribution in [2.24, 2.45) is 0 Å². The molecule has 0 aliphatic heterocycles. The zero-order valence-corrected chi connectivity index (χ0v) is 45.0. The van der Waals surface area contributed by atoms with Crippen molar-refractivity contribution in [2.75, 3.05) is 0 Å². The van der Waals surface area contributed by atoms with Gasteiger partial charge in [0.15, 0.2) is 0 Å². The molecule has 8 aromatic carbocycles. The van der Waals surface area contributed by atoms with Gasteiger partial charge in [0, 0.05) is 15.9 Å². The molecule has 5 nitrogen and oxygen atoms in total. The van der Waals surface area contributed by atoms with Crippen molar-refractivity contribution < 1.29 is 28.2 Å². The number of hydrogen-bond acceptors (Lipinski definition) is 2. The van der Waals surface area contributed by atoms with E-state index < -0.39 is 6.85 Å². The summed E-state index contributed by atoms with van der Waals surface area (Å²) in [7, 11) is 0. The molecule has 1 aliphatic carbocycles. The third-order valence-electron chi connectivity index (χ3n) is 14.9. The average Bonchev–Trinajstić information content (AvgIpc) is 3.95. The fraction of sp³-hybridized carbons (Fsp3) is 0.206. The van der Waals surface area contributed by atoms with Gasteiger partial charge in [0.1, 0.15) is 0 Å². The summed E-state index contributed by atoms with van der Waals surface area (Å²) in [6, 6.07) is 68.9. The topological polar surface area (TPSA) is 36.9 Å². The van der Waals surface area contributed by atoms with E-state index in [0.717, 1.165) is 84.7 Å². The average molecular weight is 1150 g/mol. The van der Waals surface area contributed by atoms with Crippen LogP contribution in [0.15, 0.2) is 182 Å². The SMILES string of the molecule is [2H]C([2H])([2H])c1cc(-n2c3[c-]c(Oc4[c-]c5c(cc4)CCCCC5n4[c](=[Pt])n(-c5c(-c6ccccc6)cccc5-c5cc(C(C)(C)C)cc(C(C)(C)C)c5)c5ccccc54)ccc3c3ccccc32)ncc1-c1ccccc1. The molecule has 0 bridgehead atoms. The van der Waals surface area contributed by atoms with E-state index in [1.165, 1.54) is 33.4 Å². The number of imidazole rings is 1. The van der Waals surface area contributed by atoms with E-state index in [-0.39, 0.29) is 22.4 Å². The van der Waals surface area contributed by atoms with Crippen LogP contribution in [-0.2, 0) is 36.6 Å². The summed E-state index contributed by atoms with van der Waals surface area (Å²) in [4.78, 5) is 4.94. The molecule has 0 saturated heterocycles. The number of fused-ring (bicyclic) bond motifs is 5. The van der Waals surface area contributed by atoms with Crippen LogP contribution in [0.4, 0.5) is 0 Å². The van der Waals surface area contributed by atoms with E-state index in [1.54, 1.807) is 12.3 Å². The van der Waals surface area contributed by atoms with Crippen molar-refractivity contribution in [3.63, 3.8) is 0 Å². The Kier molecular flexibility index (Phi) is 11.3. The van der Waals surface area contributed by atoms with Gasteiger partial charge in [-0.2, -0.15) is 0 Å². The number of hydrogen-bond donors (Lipinski definition) is 0. The Hall–Kier alpha value is -7.33. The van der Waals surface area contributed by atoms with Gasteiger partial charge in [-0.25, -0.2) is 4.98 Å². The second-order valence-electron chi connectivity index (χ2n) is 21.8. The summed E-state index contributed by atoms with van der Waals surface area (Å²) in [5.41, 5.74) is 16.3. The van der Waals surface area contributed by atoms with Crippen LogP contribution in [0.2, 0.25) is 0 Å². The first-order valence-electron chi connectivity index (χ1n) is 27.3. The quantitative estimate of drug-likeness (QED) is 0.112. The van der Waals surface area contributed by atoms with Crippen molar-refractivity contribution >= 4 is 32.8 Å². The zero-order chi connectivity index (χ0) is 53.4. The Morgan fingerprint density at radius 1 is 0.581 bits per heavy atom. The summed E-state index contributed by atoms with van der Waals surface area (Å²) in [6.45, 7) is 11.5. The fourth-order valence-electron chi connectivity index (χ4n) is 11.0. The van der Waals surface area contributed by atoms with Gasteiger partial charge in [0.05, 0.1) is 0 Å². The molecule has 0 saturated carbocycles. The van der Waals surface area contributed by atoms with Gasteiger partial charge >= 0.3 is 353 Å². The van der Waals surface area contributed by atoms with E-state index in [2.05, 4.69) is 191 Å². The first-order valence-corrected chi connectivity index (χ1v) is 26.9. The molecule has 0 amide bonds. The molecule has 6 heteroatoms. The first kappa shape index (κ1) is 44.2. The van der Waals surface area contributed by atoms with E-state index in [4.69, 9.17) is 13.8 Å². The fourth-order valence-corrected chi connectivity index (χ4v) is 12.2. The van der Waals surface area contributed by atoms with Crippen molar-refractivity contribution in [3.8, 4) is 56.4 Å². The van der Waals surface area contributed by atoms with Crippen LogP contribution in [0.25, 0.3) is 77.7 Å². The molecule has 0 spiro atoms. The molecule has 12 rings (SSSR count). The van der Waals surface area contributed by atoms with Gasteiger partial charge in [0.25, 0.3) is 0 Å². The molecule has 0 fully saturated rings. The molecule has 1 atom stereocenters. The number of aryl methyl sites for hydroxylation is 2. The molecule has 0 radical (unpaired) electrons. The van der Waals surface area contributed by atoms with Gasteiger partial charge in [-0.3, -0.25) is 0 Å². The third-order valence-corrected chi connectivity index (χ3v) is 16.0. The Bertz CT molecular complexity index is 4090. The number of ether oxygens (including phenoxy) is 1. The number of benzene rings is 8. The molecule has 3 heterocycles. The van der Waals surface area contributed by atoms with Crippen LogP contribution in [0.3, 0.4) is 0 Å². The smallest absolute Gasteiger partial charge is 0.238 e. The van der Waals surface area contributed by atoms with Crippen LogP contribution in [-0.4, -0.2) is 18.7 Å². The third kappa shape index (κ3) is 8.59. The van der Waals surface area contributed by atoms with Gasteiger partial charge < -0.3 is 0 Å². The summed E-state index contributed by atoms with van der Waals surface area (Å²) < 4.78 is 40.8. The second-order valence-corrected chi connectivity index (χ2v) is 22.8. The molecule has 11 aromatic rings. The standard InChI is InChI=1S/C68H60N4O.Pt/c1-45-37-65(69-43-59(45)47-23-12-9-13-24-47)72-61-30-17-15-26-56(61)57-36-35-53(42-64(57)72)73-52-34-33-48-25-14-16-29-60(58(48)41-52)70-44-71(63-32-19-18-31-62(63)70)66-54(46-21-10-8-11-22-46)27-20-28-55(66)49-38-50(67(2,3)4)40-51(39-49)68(5,6)7;/h8-13,15,17-24,26-28,30-40,43,60H,14,16,25,29H2,1-7H3;/q-2;/i1D3;. The van der Waals surface area contributed by atoms with Crippen LogP contribution >= 0.6 is 0 Å². The summed E-state index contributed by atoms with van der Waals surface area (Å²) in [5.74, 6) is 1.62. The summed E-state index contributed by atoms with van der Waals surface area (Å²) >= 11 is 2.59. The summed E-state index contributed by atoms with van der Waals surface area (Å²) in [6.07, 6.45) is 5.70. The van der Waals surface area contributed by atoms with Crippen molar-refractivity contribution in [1.82, 2.24) is 18.7 Å². The normalized spacial score (nSPS) is 14.9. The van der Waals surface area contributed by atoms with Gasteiger partial charge in [-0.15, -0.1) is 0 Å². The number of rotatable bonds is 8. The molecular weight excluding hydrogens is 1080 g/mol. The number of para-hydroxylation sites is 4. The predicted molar refractivity (Wildman–Crippen MR) is 301 cm³/mol. The number of aromatic nitrogens is 4. The van der Waals surface area contributed by atoms with E-state index >= 15 is 0 Å².